The van der Waals surface area contributed by atoms with Crippen molar-refractivity contribution in [3.63, 3.8) is 0 Å². The van der Waals surface area contributed by atoms with E-state index in [1.165, 1.54) is 11.6 Å². The minimum absolute atomic E-state index is 0.165. The van der Waals surface area contributed by atoms with E-state index in [9.17, 15) is 4.79 Å². The Bertz CT molecular complexity index is 818. The molecule has 23 heavy (non-hydrogen) atoms. The maximum absolute atomic E-state index is 12.0. The first kappa shape index (κ1) is 15.2. The van der Waals surface area contributed by atoms with E-state index >= 15 is 0 Å². The molecular formula is C18H17N3OS. The molecule has 5 heteroatoms. The number of hydrogen-bond acceptors (Lipinski definition) is 3. The second kappa shape index (κ2) is 7.07. The Hall–Kier alpha value is -2.66. The Morgan fingerprint density at radius 3 is 3.04 bits per heavy atom. The van der Waals surface area contributed by atoms with Crippen molar-refractivity contribution in [1.29, 1.82) is 0 Å². The van der Waals surface area contributed by atoms with Crippen LogP contribution in [0, 0.1) is 6.92 Å². The molecule has 1 N–H and O–H groups in total. The summed E-state index contributed by atoms with van der Waals surface area (Å²) in [5.74, 6) is 0.522. The average molecular weight is 323 g/mol. The predicted molar refractivity (Wildman–Crippen MR) is 94.5 cm³/mol. The van der Waals surface area contributed by atoms with Gasteiger partial charge in [0, 0.05) is 12.1 Å². The molecule has 0 fully saturated rings. The second-order valence-corrected chi connectivity index (χ2v) is 6.02. The number of rotatable bonds is 5. The van der Waals surface area contributed by atoms with E-state index in [-0.39, 0.29) is 5.91 Å². The number of nitrogens with one attached hydrogen (secondary N) is 1. The van der Waals surface area contributed by atoms with Gasteiger partial charge < -0.3 is 5.32 Å². The lowest BCUT2D eigenvalue weighted by Crippen LogP contribution is -2.13. The van der Waals surface area contributed by atoms with E-state index in [1.54, 1.807) is 34.4 Å². The largest absolute Gasteiger partial charge is 0.307 e. The lowest BCUT2D eigenvalue weighted by atomic mass is 10.1. The summed E-state index contributed by atoms with van der Waals surface area (Å²) in [5, 5.41) is 11.1. The van der Waals surface area contributed by atoms with Crippen LogP contribution in [0.3, 0.4) is 0 Å². The SMILES string of the molecule is Cc1cccc(Cn2nccc2NC(=O)C=Cc2ccsc2)c1. The summed E-state index contributed by atoms with van der Waals surface area (Å²) in [6.07, 6.45) is 5.02. The van der Waals surface area contributed by atoms with Crippen LogP contribution < -0.4 is 5.32 Å². The predicted octanol–water partition coefficient (Wildman–Crippen LogP) is 3.95. The third kappa shape index (κ3) is 4.17. The van der Waals surface area contributed by atoms with Gasteiger partial charge in [0.1, 0.15) is 5.82 Å². The van der Waals surface area contributed by atoms with Crippen molar-refractivity contribution >= 4 is 29.1 Å². The molecule has 0 aliphatic carbocycles. The highest BCUT2D eigenvalue weighted by atomic mass is 32.1. The van der Waals surface area contributed by atoms with Crippen LogP contribution in [-0.4, -0.2) is 15.7 Å². The molecule has 0 saturated heterocycles. The monoisotopic (exact) mass is 323 g/mol. The number of aryl methyl sites for hydroxylation is 1. The Morgan fingerprint density at radius 1 is 1.35 bits per heavy atom. The van der Waals surface area contributed by atoms with Gasteiger partial charge in [0.15, 0.2) is 0 Å². The second-order valence-electron chi connectivity index (χ2n) is 5.24. The Morgan fingerprint density at radius 2 is 2.26 bits per heavy atom. The molecule has 0 bridgehead atoms. The number of carbonyl (C=O) groups is 1. The molecular weight excluding hydrogens is 306 g/mol. The lowest BCUT2D eigenvalue weighted by Gasteiger charge is -2.08. The van der Waals surface area contributed by atoms with Crippen LogP contribution in [0.25, 0.3) is 6.08 Å². The van der Waals surface area contributed by atoms with Crippen LogP contribution in [0.2, 0.25) is 0 Å². The van der Waals surface area contributed by atoms with Gasteiger partial charge >= 0.3 is 0 Å². The molecule has 3 aromatic rings. The first-order valence-electron chi connectivity index (χ1n) is 7.29. The summed E-state index contributed by atoms with van der Waals surface area (Å²) in [6, 6.07) is 12.0. The summed E-state index contributed by atoms with van der Waals surface area (Å²) >= 11 is 1.60. The molecule has 4 nitrogen and oxygen atoms in total. The van der Waals surface area contributed by atoms with Crippen molar-refractivity contribution in [2.75, 3.05) is 5.32 Å². The van der Waals surface area contributed by atoms with Crippen molar-refractivity contribution in [3.05, 3.63) is 76.1 Å². The van der Waals surface area contributed by atoms with Crippen LogP contribution in [-0.2, 0) is 11.3 Å². The van der Waals surface area contributed by atoms with Crippen LogP contribution >= 0.6 is 11.3 Å². The van der Waals surface area contributed by atoms with E-state index < -0.39 is 0 Å². The summed E-state index contributed by atoms with van der Waals surface area (Å²) in [6.45, 7) is 2.68. The quantitative estimate of drug-likeness (QED) is 0.723. The van der Waals surface area contributed by atoms with Crippen LogP contribution in [0.5, 0.6) is 0 Å². The van der Waals surface area contributed by atoms with Crippen molar-refractivity contribution in [2.45, 2.75) is 13.5 Å². The van der Waals surface area contributed by atoms with Gasteiger partial charge in [-0.25, -0.2) is 4.68 Å². The molecule has 0 aliphatic rings. The highest BCUT2D eigenvalue weighted by molar-refractivity contribution is 7.08. The maximum atomic E-state index is 12.0. The topological polar surface area (TPSA) is 46.9 Å². The molecule has 0 spiro atoms. The van der Waals surface area contributed by atoms with Gasteiger partial charge in [0.05, 0.1) is 12.7 Å². The number of hydrogen-bond donors (Lipinski definition) is 1. The minimum atomic E-state index is -0.165. The van der Waals surface area contributed by atoms with Gasteiger partial charge in [0.25, 0.3) is 0 Å². The molecule has 0 radical (unpaired) electrons. The van der Waals surface area contributed by atoms with Crippen molar-refractivity contribution in [2.24, 2.45) is 0 Å². The van der Waals surface area contributed by atoms with Crippen molar-refractivity contribution < 1.29 is 4.79 Å². The Labute approximate surface area is 139 Å². The number of benzene rings is 1. The molecule has 3 rings (SSSR count). The number of amides is 1. The van der Waals surface area contributed by atoms with Gasteiger partial charge in [-0.15, -0.1) is 0 Å². The minimum Gasteiger partial charge on any atom is -0.307 e. The van der Waals surface area contributed by atoms with Gasteiger partial charge in [-0.3, -0.25) is 4.79 Å². The molecule has 116 valence electrons. The van der Waals surface area contributed by atoms with Crippen LogP contribution in [0.4, 0.5) is 5.82 Å². The molecule has 2 aromatic heterocycles. The zero-order valence-corrected chi connectivity index (χ0v) is 13.6. The summed E-state index contributed by atoms with van der Waals surface area (Å²) in [5.41, 5.74) is 3.38. The molecule has 2 heterocycles. The molecule has 0 saturated carbocycles. The molecule has 0 aliphatic heterocycles. The van der Waals surface area contributed by atoms with Gasteiger partial charge in [0.2, 0.25) is 5.91 Å². The van der Waals surface area contributed by atoms with Crippen LogP contribution in [0.15, 0.2) is 59.4 Å². The van der Waals surface area contributed by atoms with Crippen molar-refractivity contribution in [3.8, 4) is 0 Å². The highest BCUT2D eigenvalue weighted by Gasteiger charge is 2.06. The van der Waals surface area contributed by atoms with Crippen molar-refractivity contribution in [1.82, 2.24) is 9.78 Å². The fourth-order valence-corrected chi connectivity index (χ4v) is 2.89. The normalized spacial score (nSPS) is 11.0. The van der Waals surface area contributed by atoms with Crippen LogP contribution in [0.1, 0.15) is 16.7 Å². The highest BCUT2D eigenvalue weighted by Crippen LogP contribution is 2.12. The maximum Gasteiger partial charge on any atom is 0.249 e. The summed E-state index contributed by atoms with van der Waals surface area (Å²) in [4.78, 5) is 12.0. The fraction of sp³-hybridized carbons (Fsp3) is 0.111. The van der Waals surface area contributed by atoms with E-state index in [0.717, 1.165) is 11.1 Å². The average Bonchev–Trinajstić information content (AvgIpc) is 3.18. The van der Waals surface area contributed by atoms with E-state index in [0.29, 0.717) is 12.4 Å². The van der Waals surface area contributed by atoms with Gasteiger partial charge in [-0.1, -0.05) is 29.8 Å². The third-order valence-electron chi connectivity index (χ3n) is 3.35. The summed E-state index contributed by atoms with van der Waals surface area (Å²) in [7, 11) is 0. The zero-order valence-electron chi connectivity index (χ0n) is 12.8. The fourth-order valence-electron chi connectivity index (χ4n) is 2.26. The number of thiophene rings is 1. The third-order valence-corrected chi connectivity index (χ3v) is 4.05. The molecule has 1 amide bonds. The smallest absolute Gasteiger partial charge is 0.249 e. The molecule has 0 atom stereocenters. The Balaban J connectivity index is 1.67. The van der Waals surface area contributed by atoms with E-state index in [4.69, 9.17) is 0 Å². The van der Waals surface area contributed by atoms with Gasteiger partial charge in [-0.05, 0) is 41.0 Å². The number of carbonyl (C=O) groups excluding carboxylic acids is 1. The number of aromatic nitrogens is 2. The first-order valence-corrected chi connectivity index (χ1v) is 8.23. The summed E-state index contributed by atoms with van der Waals surface area (Å²) < 4.78 is 1.78. The number of anilines is 1. The standard InChI is InChI=1S/C18H17N3OS/c1-14-3-2-4-16(11-14)12-21-17(7-9-19-21)20-18(22)6-5-15-8-10-23-13-15/h2-11,13H,12H2,1H3,(H,20,22). The number of nitrogens with zero attached hydrogens (tertiary/aromatic N) is 2. The zero-order chi connectivity index (χ0) is 16.1. The molecule has 1 aromatic carbocycles. The molecule has 0 unspecified atom stereocenters. The van der Waals surface area contributed by atoms with Gasteiger partial charge in [-0.2, -0.15) is 16.4 Å². The lowest BCUT2D eigenvalue weighted by molar-refractivity contribution is -0.111. The first-order chi connectivity index (χ1) is 11.2. The van der Waals surface area contributed by atoms with E-state index in [1.807, 2.05) is 22.9 Å². The Kier molecular flexibility index (Phi) is 4.68. The van der Waals surface area contributed by atoms with E-state index in [2.05, 4.69) is 35.5 Å².